The fraction of sp³-hybridized carbons (Fsp3) is 0.500. The summed E-state index contributed by atoms with van der Waals surface area (Å²) in [6.07, 6.45) is 3.24. The highest BCUT2D eigenvalue weighted by Gasteiger charge is 2.30. The molecule has 0 unspecified atom stereocenters. The SMILES string of the molecule is O=C(c1cccs1)[C@H]1CCCN(C(=O)c2coc(CN3CCOCC3)c2)C1. The van der Waals surface area contributed by atoms with Crippen LogP contribution in [0.5, 0.6) is 0 Å². The molecule has 7 heteroatoms. The minimum atomic E-state index is -0.110. The van der Waals surface area contributed by atoms with Crippen molar-refractivity contribution in [3.63, 3.8) is 0 Å². The van der Waals surface area contributed by atoms with Gasteiger partial charge in [-0.1, -0.05) is 6.07 Å². The summed E-state index contributed by atoms with van der Waals surface area (Å²) in [6, 6.07) is 5.59. The Balaban J connectivity index is 1.38. The molecule has 2 saturated heterocycles. The molecule has 0 saturated carbocycles. The fourth-order valence-electron chi connectivity index (χ4n) is 3.73. The van der Waals surface area contributed by atoms with Crippen molar-refractivity contribution in [2.24, 2.45) is 5.92 Å². The normalized spacial score (nSPS) is 21.3. The van der Waals surface area contributed by atoms with Crippen molar-refractivity contribution in [1.29, 1.82) is 0 Å². The van der Waals surface area contributed by atoms with Gasteiger partial charge in [-0.05, 0) is 30.4 Å². The van der Waals surface area contributed by atoms with Crippen LogP contribution in [0.1, 0.15) is 38.6 Å². The first-order valence-electron chi connectivity index (χ1n) is 9.45. The zero-order valence-electron chi connectivity index (χ0n) is 15.3. The first-order chi connectivity index (χ1) is 13.2. The lowest BCUT2D eigenvalue weighted by atomic mass is 9.92. The van der Waals surface area contributed by atoms with E-state index in [0.29, 0.717) is 25.2 Å². The van der Waals surface area contributed by atoms with Crippen LogP contribution in [-0.4, -0.2) is 60.9 Å². The predicted molar refractivity (Wildman–Crippen MR) is 102 cm³/mol. The molecule has 0 N–H and O–H groups in total. The average molecular weight is 388 g/mol. The van der Waals surface area contributed by atoms with Gasteiger partial charge in [-0.25, -0.2) is 0 Å². The van der Waals surface area contributed by atoms with Gasteiger partial charge < -0.3 is 14.1 Å². The lowest BCUT2D eigenvalue weighted by Gasteiger charge is -2.31. The summed E-state index contributed by atoms with van der Waals surface area (Å²) in [7, 11) is 0. The molecular formula is C20H24N2O4S. The molecule has 1 atom stereocenters. The smallest absolute Gasteiger partial charge is 0.257 e. The second kappa shape index (κ2) is 8.37. The van der Waals surface area contributed by atoms with Crippen molar-refractivity contribution in [2.45, 2.75) is 19.4 Å². The maximum absolute atomic E-state index is 12.9. The molecule has 2 aliphatic rings. The van der Waals surface area contributed by atoms with E-state index in [-0.39, 0.29) is 17.6 Å². The lowest BCUT2D eigenvalue weighted by Crippen LogP contribution is -2.42. The van der Waals surface area contributed by atoms with Gasteiger partial charge in [-0.3, -0.25) is 14.5 Å². The second-order valence-corrected chi connectivity index (χ2v) is 8.07. The van der Waals surface area contributed by atoms with Crippen molar-refractivity contribution in [3.05, 3.63) is 46.0 Å². The number of Topliss-reactive ketones (excluding diaryl/α,β-unsaturated/α-hetero) is 1. The largest absolute Gasteiger partial charge is 0.467 e. The number of rotatable bonds is 5. The van der Waals surface area contributed by atoms with Gasteiger partial charge in [0.2, 0.25) is 0 Å². The number of hydrogen-bond donors (Lipinski definition) is 0. The van der Waals surface area contributed by atoms with Crippen molar-refractivity contribution in [1.82, 2.24) is 9.80 Å². The third kappa shape index (κ3) is 4.31. The number of piperidine rings is 1. The second-order valence-electron chi connectivity index (χ2n) is 7.12. The van der Waals surface area contributed by atoms with Crippen LogP contribution in [0.4, 0.5) is 0 Å². The minimum absolute atomic E-state index is 0.0457. The van der Waals surface area contributed by atoms with Crippen LogP contribution in [0, 0.1) is 5.92 Å². The molecule has 2 aromatic heterocycles. The molecule has 144 valence electrons. The molecule has 0 radical (unpaired) electrons. The first kappa shape index (κ1) is 18.4. The van der Waals surface area contributed by atoms with Crippen molar-refractivity contribution >= 4 is 23.0 Å². The molecule has 0 bridgehead atoms. The van der Waals surface area contributed by atoms with Gasteiger partial charge in [-0.15, -0.1) is 11.3 Å². The first-order valence-corrected chi connectivity index (χ1v) is 10.3. The molecule has 6 nitrogen and oxygen atoms in total. The molecular weight excluding hydrogens is 364 g/mol. The zero-order chi connectivity index (χ0) is 18.6. The fourth-order valence-corrected chi connectivity index (χ4v) is 4.48. The quantitative estimate of drug-likeness (QED) is 0.737. The predicted octanol–water partition coefficient (Wildman–Crippen LogP) is 2.91. The van der Waals surface area contributed by atoms with Gasteiger partial charge in [0.15, 0.2) is 5.78 Å². The Morgan fingerprint density at radius 3 is 2.85 bits per heavy atom. The minimum Gasteiger partial charge on any atom is -0.467 e. The van der Waals surface area contributed by atoms with Crippen LogP contribution < -0.4 is 0 Å². The van der Waals surface area contributed by atoms with Gasteiger partial charge >= 0.3 is 0 Å². The Labute approximate surface area is 162 Å². The van der Waals surface area contributed by atoms with Gasteiger partial charge in [0.05, 0.1) is 30.2 Å². The third-order valence-corrected chi connectivity index (χ3v) is 6.11. The number of furan rings is 1. The summed E-state index contributed by atoms with van der Waals surface area (Å²) in [5.74, 6) is 0.794. The number of hydrogen-bond acceptors (Lipinski definition) is 6. The maximum Gasteiger partial charge on any atom is 0.257 e. The van der Waals surface area contributed by atoms with Gasteiger partial charge in [0.1, 0.15) is 12.0 Å². The van der Waals surface area contributed by atoms with E-state index in [4.69, 9.17) is 9.15 Å². The average Bonchev–Trinajstić information content (AvgIpc) is 3.40. The Kier molecular flexibility index (Phi) is 5.71. The van der Waals surface area contributed by atoms with Crippen LogP contribution in [0.3, 0.4) is 0 Å². The topological polar surface area (TPSA) is 63.0 Å². The van der Waals surface area contributed by atoms with E-state index in [1.165, 1.54) is 11.3 Å². The molecule has 0 aliphatic carbocycles. The number of thiophene rings is 1. The molecule has 4 rings (SSSR count). The maximum atomic E-state index is 12.9. The molecule has 1 amide bonds. The number of amides is 1. The Morgan fingerprint density at radius 1 is 1.22 bits per heavy atom. The number of ether oxygens (including phenoxy) is 1. The molecule has 2 aliphatic heterocycles. The van der Waals surface area contributed by atoms with E-state index in [0.717, 1.165) is 49.8 Å². The standard InChI is InChI=1S/C20H24N2O4S/c23-19(18-4-2-10-27-18)15-3-1-5-22(12-15)20(24)16-11-17(26-14-16)13-21-6-8-25-9-7-21/h2,4,10-11,14-15H,1,3,5-9,12-13H2/t15-/m0/s1. The molecule has 0 aromatic carbocycles. The van der Waals surface area contributed by atoms with E-state index in [2.05, 4.69) is 4.90 Å². The van der Waals surface area contributed by atoms with Crippen LogP contribution >= 0.6 is 11.3 Å². The third-order valence-electron chi connectivity index (χ3n) is 5.23. The van der Waals surface area contributed by atoms with E-state index >= 15 is 0 Å². The van der Waals surface area contributed by atoms with Crippen LogP contribution in [0.25, 0.3) is 0 Å². The number of likely N-dealkylation sites (tertiary alicyclic amines) is 1. The van der Waals surface area contributed by atoms with Gasteiger partial charge in [0, 0.05) is 32.1 Å². The monoisotopic (exact) mass is 388 g/mol. The van der Waals surface area contributed by atoms with Crippen LogP contribution in [0.2, 0.25) is 0 Å². The van der Waals surface area contributed by atoms with Crippen LogP contribution in [0.15, 0.2) is 34.3 Å². The van der Waals surface area contributed by atoms with Gasteiger partial charge in [0.25, 0.3) is 5.91 Å². The lowest BCUT2D eigenvalue weighted by molar-refractivity contribution is 0.0313. The Morgan fingerprint density at radius 2 is 2.07 bits per heavy atom. The van der Waals surface area contributed by atoms with Crippen LogP contribution in [-0.2, 0) is 11.3 Å². The number of carbonyl (C=O) groups excluding carboxylic acids is 2. The van der Waals surface area contributed by atoms with E-state index < -0.39 is 0 Å². The number of morpholine rings is 1. The summed E-state index contributed by atoms with van der Waals surface area (Å²) in [4.78, 5) is 30.3. The number of nitrogens with zero attached hydrogens (tertiary/aromatic N) is 2. The van der Waals surface area contributed by atoms with E-state index in [1.54, 1.807) is 11.2 Å². The molecule has 4 heterocycles. The van der Waals surface area contributed by atoms with Crippen molar-refractivity contribution in [2.75, 3.05) is 39.4 Å². The molecule has 2 aromatic rings. The highest BCUT2D eigenvalue weighted by Crippen LogP contribution is 2.25. The van der Waals surface area contributed by atoms with Crippen molar-refractivity contribution < 1.29 is 18.7 Å². The number of ketones is 1. The molecule has 2 fully saturated rings. The van der Waals surface area contributed by atoms with Gasteiger partial charge in [-0.2, -0.15) is 0 Å². The molecule has 27 heavy (non-hydrogen) atoms. The van der Waals surface area contributed by atoms with Crippen molar-refractivity contribution in [3.8, 4) is 0 Å². The molecule has 0 spiro atoms. The zero-order valence-corrected chi connectivity index (χ0v) is 16.1. The highest BCUT2D eigenvalue weighted by atomic mass is 32.1. The Hall–Kier alpha value is -1.96. The number of carbonyl (C=O) groups is 2. The summed E-state index contributed by atoms with van der Waals surface area (Å²) in [5, 5.41) is 1.92. The van der Waals surface area contributed by atoms with E-state index in [1.807, 2.05) is 23.6 Å². The summed E-state index contributed by atoms with van der Waals surface area (Å²) < 4.78 is 11.0. The summed E-state index contributed by atoms with van der Waals surface area (Å²) in [6.45, 7) is 5.10. The Bertz CT molecular complexity index is 780. The summed E-state index contributed by atoms with van der Waals surface area (Å²) in [5.41, 5.74) is 0.572. The summed E-state index contributed by atoms with van der Waals surface area (Å²) >= 11 is 1.47. The highest BCUT2D eigenvalue weighted by molar-refractivity contribution is 7.12. The van der Waals surface area contributed by atoms with E-state index in [9.17, 15) is 9.59 Å².